The first-order valence-corrected chi connectivity index (χ1v) is 5.47. The van der Waals surface area contributed by atoms with Gasteiger partial charge in [0.25, 0.3) is 0 Å². The van der Waals surface area contributed by atoms with Gasteiger partial charge in [-0.15, -0.1) is 0 Å². The zero-order valence-electron chi connectivity index (χ0n) is 9.22. The number of nitrogens with two attached hydrogens (primary N) is 1. The molecule has 0 radical (unpaired) electrons. The van der Waals surface area contributed by atoms with Crippen LogP contribution in [0.1, 0.15) is 18.4 Å². The molecular weight excluding hydrogens is 202 g/mol. The Hall–Kier alpha value is -1.39. The number of aliphatic hydroxyl groups excluding tert-OH is 1. The van der Waals surface area contributed by atoms with Crippen molar-refractivity contribution < 1.29 is 5.11 Å². The molecule has 0 atom stereocenters. The summed E-state index contributed by atoms with van der Waals surface area (Å²) in [7, 11) is 1.97. The van der Waals surface area contributed by atoms with E-state index in [1.54, 1.807) is 6.33 Å². The van der Waals surface area contributed by atoms with Crippen LogP contribution in [0.15, 0.2) is 24.5 Å². The fourth-order valence-corrected chi connectivity index (χ4v) is 2.46. The minimum atomic E-state index is -0.356. The highest BCUT2D eigenvalue weighted by Gasteiger charge is 2.41. The molecule has 1 heterocycles. The average molecular weight is 217 g/mol. The Kier molecular flexibility index (Phi) is 1.87. The van der Waals surface area contributed by atoms with Gasteiger partial charge in [-0.1, -0.05) is 6.07 Å². The van der Waals surface area contributed by atoms with Gasteiger partial charge in [-0.05, 0) is 30.5 Å². The molecule has 1 aromatic heterocycles. The summed E-state index contributed by atoms with van der Waals surface area (Å²) in [4.78, 5) is 4.31. The van der Waals surface area contributed by atoms with Crippen molar-refractivity contribution in [2.75, 3.05) is 0 Å². The van der Waals surface area contributed by atoms with Crippen molar-refractivity contribution in [3.8, 4) is 0 Å². The van der Waals surface area contributed by atoms with Crippen LogP contribution in [-0.4, -0.2) is 20.8 Å². The first-order chi connectivity index (χ1) is 7.58. The number of aromatic nitrogens is 2. The summed E-state index contributed by atoms with van der Waals surface area (Å²) < 4.78 is 1.98. The number of nitrogens with zero attached hydrogens (tertiary/aromatic N) is 2. The Morgan fingerprint density at radius 2 is 2.25 bits per heavy atom. The lowest BCUT2D eigenvalue weighted by Gasteiger charge is -2.42. The van der Waals surface area contributed by atoms with Crippen molar-refractivity contribution in [1.29, 1.82) is 0 Å². The van der Waals surface area contributed by atoms with E-state index >= 15 is 0 Å². The number of rotatable bonds is 1. The second kappa shape index (κ2) is 3.06. The maximum absolute atomic E-state index is 9.36. The topological polar surface area (TPSA) is 64.1 Å². The number of aryl methyl sites for hydroxylation is 1. The second-order valence-corrected chi connectivity index (χ2v) is 4.78. The Morgan fingerprint density at radius 1 is 1.50 bits per heavy atom. The van der Waals surface area contributed by atoms with Crippen LogP contribution < -0.4 is 5.73 Å². The molecule has 1 fully saturated rings. The van der Waals surface area contributed by atoms with Crippen LogP contribution in [0, 0.1) is 0 Å². The third-order valence-corrected chi connectivity index (χ3v) is 3.50. The van der Waals surface area contributed by atoms with E-state index in [4.69, 9.17) is 5.73 Å². The smallest absolute Gasteiger partial charge is 0.0955 e. The molecule has 2 aromatic rings. The molecule has 4 nitrogen and oxygen atoms in total. The second-order valence-electron chi connectivity index (χ2n) is 4.78. The number of benzene rings is 1. The summed E-state index contributed by atoms with van der Waals surface area (Å²) in [5, 5.41) is 9.36. The lowest BCUT2D eigenvalue weighted by molar-refractivity contribution is 0.0210. The van der Waals surface area contributed by atoms with E-state index in [1.165, 1.54) is 0 Å². The fourth-order valence-electron chi connectivity index (χ4n) is 2.46. The van der Waals surface area contributed by atoms with Crippen LogP contribution in [0.3, 0.4) is 0 Å². The third-order valence-electron chi connectivity index (χ3n) is 3.50. The normalized spacial score (nSPS) is 29.3. The van der Waals surface area contributed by atoms with Crippen molar-refractivity contribution in [2.45, 2.75) is 24.5 Å². The molecule has 3 rings (SSSR count). The van der Waals surface area contributed by atoms with Gasteiger partial charge < -0.3 is 15.4 Å². The van der Waals surface area contributed by atoms with Crippen molar-refractivity contribution in [3.05, 3.63) is 30.1 Å². The Balaban J connectivity index is 2.06. The van der Waals surface area contributed by atoms with Gasteiger partial charge in [0.15, 0.2) is 0 Å². The van der Waals surface area contributed by atoms with Gasteiger partial charge >= 0.3 is 0 Å². The zero-order chi connectivity index (χ0) is 11.3. The number of fused-ring (bicyclic) bond motifs is 1. The summed E-state index contributed by atoms with van der Waals surface area (Å²) in [6.07, 6.45) is 2.84. The summed E-state index contributed by atoms with van der Waals surface area (Å²) in [6, 6.07) is 6.11. The van der Waals surface area contributed by atoms with Crippen molar-refractivity contribution in [3.63, 3.8) is 0 Å². The lowest BCUT2D eigenvalue weighted by atomic mass is 9.70. The number of aliphatic hydroxyl groups is 1. The Morgan fingerprint density at radius 3 is 2.94 bits per heavy atom. The molecule has 0 spiro atoms. The number of hydrogen-bond acceptors (Lipinski definition) is 3. The average Bonchev–Trinajstić information content (AvgIpc) is 2.58. The van der Waals surface area contributed by atoms with E-state index in [0.29, 0.717) is 12.8 Å². The maximum Gasteiger partial charge on any atom is 0.0955 e. The number of imidazole rings is 1. The molecule has 0 aliphatic heterocycles. The molecule has 0 saturated heterocycles. The fraction of sp³-hybridized carbons (Fsp3) is 0.417. The Labute approximate surface area is 93.7 Å². The zero-order valence-corrected chi connectivity index (χ0v) is 9.22. The number of hydrogen-bond donors (Lipinski definition) is 2. The highest BCUT2D eigenvalue weighted by Crippen LogP contribution is 2.39. The predicted molar refractivity (Wildman–Crippen MR) is 61.8 cm³/mol. The lowest BCUT2D eigenvalue weighted by Crippen LogP contribution is -2.51. The Bertz CT molecular complexity index is 540. The molecule has 4 heteroatoms. The van der Waals surface area contributed by atoms with Crippen LogP contribution in [0.2, 0.25) is 0 Å². The maximum atomic E-state index is 9.36. The van der Waals surface area contributed by atoms with E-state index in [2.05, 4.69) is 4.98 Å². The summed E-state index contributed by atoms with van der Waals surface area (Å²) in [5.74, 6) is 0. The van der Waals surface area contributed by atoms with E-state index in [1.807, 2.05) is 29.8 Å². The first kappa shape index (κ1) is 9.81. The van der Waals surface area contributed by atoms with E-state index < -0.39 is 0 Å². The quantitative estimate of drug-likeness (QED) is 0.745. The van der Waals surface area contributed by atoms with Crippen LogP contribution in [-0.2, 0) is 12.6 Å². The molecule has 84 valence electrons. The molecule has 0 bridgehead atoms. The summed E-state index contributed by atoms with van der Waals surface area (Å²) in [5.41, 5.74) is 9.00. The summed E-state index contributed by atoms with van der Waals surface area (Å²) >= 11 is 0. The predicted octanol–water partition coefficient (Wildman–Crippen LogP) is 0.882. The van der Waals surface area contributed by atoms with Crippen molar-refractivity contribution >= 4 is 11.0 Å². The van der Waals surface area contributed by atoms with Crippen molar-refractivity contribution in [2.24, 2.45) is 12.8 Å². The van der Waals surface area contributed by atoms with Gasteiger partial charge in [0.1, 0.15) is 0 Å². The minimum absolute atomic E-state index is 0.246. The highest BCUT2D eigenvalue weighted by atomic mass is 16.3. The molecular formula is C12H15N3O. The molecule has 0 amide bonds. The molecule has 1 aliphatic rings. The van der Waals surface area contributed by atoms with Crippen LogP contribution >= 0.6 is 0 Å². The van der Waals surface area contributed by atoms with Gasteiger partial charge in [0.05, 0.1) is 23.5 Å². The van der Waals surface area contributed by atoms with Gasteiger partial charge in [0.2, 0.25) is 0 Å². The van der Waals surface area contributed by atoms with Gasteiger partial charge in [-0.25, -0.2) is 4.98 Å². The highest BCUT2D eigenvalue weighted by molar-refractivity contribution is 5.76. The van der Waals surface area contributed by atoms with E-state index in [0.717, 1.165) is 16.6 Å². The molecule has 1 aliphatic carbocycles. The third kappa shape index (κ3) is 1.27. The molecule has 1 aromatic carbocycles. The standard InChI is InChI=1S/C12H15N3O/c1-15-7-14-10-4-8(2-3-11(10)15)12(13)5-9(16)6-12/h2-4,7,9,16H,5-6,13H2,1H3. The molecule has 0 unspecified atom stereocenters. The molecule has 3 N–H and O–H groups in total. The van der Waals surface area contributed by atoms with E-state index in [-0.39, 0.29) is 11.6 Å². The van der Waals surface area contributed by atoms with Crippen LogP contribution in [0.25, 0.3) is 11.0 Å². The van der Waals surface area contributed by atoms with Crippen LogP contribution in [0.4, 0.5) is 0 Å². The molecule has 16 heavy (non-hydrogen) atoms. The van der Waals surface area contributed by atoms with Gasteiger partial charge in [0, 0.05) is 12.6 Å². The van der Waals surface area contributed by atoms with Crippen LogP contribution in [0.5, 0.6) is 0 Å². The first-order valence-electron chi connectivity index (χ1n) is 5.47. The monoisotopic (exact) mass is 217 g/mol. The minimum Gasteiger partial charge on any atom is -0.393 e. The summed E-state index contributed by atoms with van der Waals surface area (Å²) in [6.45, 7) is 0. The van der Waals surface area contributed by atoms with E-state index in [9.17, 15) is 5.11 Å². The largest absolute Gasteiger partial charge is 0.393 e. The van der Waals surface area contributed by atoms with Gasteiger partial charge in [-0.3, -0.25) is 0 Å². The van der Waals surface area contributed by atoms with Gasteiger partial charge in [-0.2, -0.15) is 0 Å². The molecule has 1 saturated carbocycles. The van der Waals surface area contributed by atoms with Crippen molar-refractivity contribution in [1.82, 2.24) is 9.55 Å². The SMILES string of the molecule is Cn1cnc2cc(C3(N)CC(O)C3)ccc21.